The number of aliphatic hydroxyl groups is 2. The molecule has 0 radical (unpaired) electrons. The van der Waals surface area contributed by atoms with Gasteiger partial charge in [0, 0.05) is 0 Å². The van der Waals surface area contributed by atoms with Crippen molar-refractivity contribution >= 4 is 21.6 Å². The fourth-order valence-electron chi connectivity index (χ4n) is 1.28. The molecule has 17 heavy (non-hydrogen) atoms. The number of anilines is 1. The number of nitrogens with one attached hydrogen (secondary N) is 1. The molecule has 96 valence electrons. The molecule has 6 nitrogen and oxygen atoms in total. The second-order valence-electron chi connectivity index (χ2n) is 3.92. The fourth-order valence-corrected chi connectivity index (χ4v) is 1.68. The van der Waals surface area contributed by atoms with Gasteiger partial charge < -0.3 is 15.5 Å². The average molecular weight is 306 g/mol. The van der Waals surface area contributed by atoms with Crippen LogP contribution in [0.4, 0.5) is 5.69 Å². The standard InChI is InChI=1S/C10H16BrN3O3/c1-6(2)14-10(17)9(11)8(3-12-14)13-7(4-15)5-16/h3,6-7,13,15-16H,4-5H2,1-2H3. The number of aromatic nitrogens is 2. The van der Waals surface area contributed by atoms with Gasteiger partial charge in [-0.25, -0.2) is 4.68 Å². The normalized spacial score (nSPS) is 11.2. The zero-order chi connectivity index (χ0) is 13.0. The smallest absolute Gasteiger partial charge is 0.283 e. The van der Waals surface area contributed by atoms with E-state index >= 15 is 0 Å². The number of hydrogen-bond donors (Lipinski definition) is 3. The lowest BCUT2D eigenvalue weighted by Crippen LogP contribution is -2.31. The summed E-state index contributed by atoms with van der Waals surface area (Å²) in [6.07, 6.45) is 1.49. The third kappa shape index (κ3) is 3.27. The molecule has 0 aliphatic rings. The van der Waals surface area contributed by atoms with Crippen LogP contribution < -0.4 is 10.9 Å². The summed E-state index contributed by atoms with van der Waals surface area (Å²) in [5, 5.41) is 24.7. The van der Waals surface area contributed by atoms with Gasteiger partial charge in [-0.2, -0.15) is 5.10 Å². The first-order valence-corrected chi connectivity index (χ1v) is 6.06. The minimum Gasteiger partial charge on any atom is -0.394 e. The Balaban J connectivity index is 3.04. The van der Waals surface area contributed by atoms with Gasteiger partial charge in [0.25, 0.3) is 5.56 Å². The minimum absolute atomic E-state index is 0.0284. The fraction of sp³-hybridized carbons (Fsp3) is 0.600. The molecule has 0 aliphatic heterocycles. The van der Waals surface area contributed by atoms with Crippen LogP contribution in [0.5, 0.6) is 0 Å². The van der Waals surface area contributed by atoms with Crippen LogP contribution in [0.2, 0.25) is 0 Å². The van der Waals surface area contributed by atoms with Gasteiger partial charge in [0.1, 0.15) is 4.47 Å². The molecule has 1 aromatic rings. The first-order chi connectivity index (χ1) is 8.01. The lowest BCUT2D eigenvalue weighted by atomic mass is 10.3. The topological polar surface area (TPSA) is 87.4 Å². The van der Waals surface area contributed by atoms with Crippen LogP contribution >= 0.6 is 15.9 Å². The molecule has 0 aliphatic carbocycles. The van der Waals surface area contributed by atoms with Gasteiger partial charge in [-0.05, 0) is 29.8 Å². The Hall–Kier alpha value is -0.920. The van der Waals surface area contributed by atoms with Crippen molar-refractivity contribution in [2.75, 3.05) is 18.5 Å². The molecule has 0 saturated carbocycles. The van der Waals surface area contributed by atoms with Gasteiger partial charge in [0.15, 0.2) is 0 Å². The highest BCUT2D eigenvalue weighted by atomic mass is 79.9. The van der Waals surface area contributed by atoms with E-state index in [-0.39, 0.29) is 24.8 Å². The van der Waals surface area contributed by atoms with E-state index in [1.54, 1.807) is 0 Å². The van der Waals surface area contributed by atoms with Crippen molar-refractivity contribution in [1.29, 1.82) is 0 Å². The van der Waals surface area contributed by atoms with E-state index in [0.29, 0.717) is 10.2 Å². The average Bonchev–Trinajstić information content (AvgIpc) is 2.30. The Bertz CT molecular complexity index is 429. The molecular weight excluding hydrogens is 290 g/mol. The van der Waals surface area contributed by atoms with E-state index in [9.17, 15) is 4.79 Å². The summed E-state index contributed by atoms with van der Waals surface area (Å²) >= 11 is 3.19. The monoisotopic (exact) mass is 305 g/mol. The second kappa shape index (κ2) is 6.13. The Morgan fingerprint density at radius 2 is 2.06 bits per heavy atom. The maximum Gasteiger partial charge on any atom is 0.283 e. The molecule has 0 bridgehead atoms. The van der Waals surface area contributed by atoms with Crippen LogP contribution in [0, 0.1) is 0 Å². The van der Waals surface area contributed by atoms with Crippen LogP contribution in [0.3, 0.4) is 0 Å². The molecule has 0 aromatic carbocycles. The molecule has 3 N–H and O–H groups in total. The van der Waals surface area contributed by atoms with Crippen LogP contribution in [-0.4, -0.2) is 39.2 Å². The first kappa shape index (κ1) is 14.1. The predicted molar refractivity (Wildman–Crippen MR) is 68.2 cm³/mol. The lowest BCUT2D eigenvalue weighted by molar-refractivity contribution is 0.204. The van der Waals surface area contributed by atoms with Gasteiger partial charge in [-0.3, -0.25) is 4.79 Å². The Morgan fingerprint density at radius 3 is 2.53 bits per heavy atom. The van der Waals surface area contributed by atoms with E-state index in [4.69, 9.17) is 10.2 Å². The van der Waals surface area contributed by atoms with Crippen molar-refractivity contribution in [3.63, 3.8) is 0 Å². The quantitative estimate of drug-likeness (QED) is 0.731. The van der Waals surface area contributed by atoms with Gasteiger partial charge in [0.05, 0.1) is 37.2 Å². The van der Waals surface area contributed by atoms with Crippen molar-refractivity contribution in [3.05, 3.63) is 21.0 Å². The molecule has 0 fully saturated rings. The van der Waals surface area contributed by atoms with Gasteiger partial charge in [-0.1, -0.05) is 0 Å². The maximum atomic E-state index is 11.9. The number of hydrogen-bond acceptors (Lipinski definition) is 5. The summed E-state index contributed by atoms with van der Waals surface area (Å²) in [6, 6.07) is -0.540. The summed E-state index contributed by atoms with van der Waals surface area (Å²) in [5.41, 5.74) is 0.208. The van der Waals surface area contributed by atoms with Crippen LogP contribution in [0.1, 0.15) is 19.9 Å². The van der Waals surface area contributed by atoms with Crippen LogP contribution in [0.15, 0.2) is 15.5 Å². The van der Waals surface area contributed by atoms with Crippen molar-refractivity contribution in [3.8, 4) is 0 Å². The predicted octanol–water partition coefficient (Wildman–Crippen LogP) is 0.352. The molecule has 0 saturated heterocycles. The molecule has 7 heteroatoms. The van der Waals surface area contributed by atoms with E-state index in [1.165, 1.54) is 10.9 Å². The van der Waals surface area contributed by atoms with Gasteiger partial charge in [0.2, 0.25) is 0 Å². The van der Waals surface area contributed by atoms with Crippen LogP contribution in [-0.2, 0) is 0 Å². The van der Waals surface area contributed by atoms with Crippen molar-refractivity contribution in [1.82, 2.24) is 9.78 Å². The Labute approximate surface area is 107 Å². The zero-order valence-corrected chi connectivity index (χ0v) is 11.3. The number of aliphatic hydroxyl groups excluding tert-OH is 2. The molecule has 1 aromatic heterocycles. The summed E-state index contributed by atoms with van der Waals surface area (Å²) in [4.78, 5) is 11.9. The number of rotatable bonds is 5. The number of nitrogens with zero attached hydrogens (tertiary/aromatic N) is 2. The van der Waals surface area contributed by atoms with Crippen molar-refractivity contribution < 1.29 is 10.2 Å². The lowest BCUT2D eigenvalue weighted by Gasteiger charge is -2.17. The minimum atomic E-state index is -0.512. The highest BCUT2D eigenvalue weighted by molar-refractivity contribution is 9.10. The van der Waals surface area contributed by atoms with Crippen molar-refractivity contribution in [2.45, 2.75) is 25.9 Å². The van der Waals surface area contributed by atoms with E-state index in [2.05, 4.69) is 26.3 Å². The van der Waals surface area contributed by atoms with E-state index in [0.717, 1.165) is 0 Å². The van der Waals surface area contributed by atoms with Crippen molar-refractivity contribution in [2.24, 2.45) is 0 Å². The van der Waals surface area contributed by atoms with Gasteiger partial charge >= 0.3 is 0 Å². The maximum absolute atomic E-state index is 11.9. The van der Waals surface area contributed by atoms with Gasteiger partial charge in [-0.15, -0.1) is 0 Å². The zero-order valence-electron chi connectivity index (χ0n) is 9.72. The molecule has 1 heterocycles. The second-order valence-corrected chi connectivity index (χ2v) is 4.72. The molecular formula is C10H16BrN3O3. The highest BCUT2D eigenvalue weighted by Crippen LogP contribution is 2.17. The molecule has 1 rings (SSSR count). The molecule has 0 amide bonds. The largest absolute Gasteiger partial charge is 0.394 e. The van der Waals surface area contributed by atoms with E-state index in [1.807, 2.05) is 13.8 Å². The SMILES string of the molecule is CC(C)n1ncc(NC(CO)CO)c(Br)c1=O. The molecule has 0 atom stereocenters. The molecule has 0 spiro atoms. The third-order valence-electron chi connectivity index (χ3n) is 2.23. The summed E-state index contributed by atoms with van der Waals surface area (Å²) < 4.78 is 1.69. The molecule has 0 unspecified atom stereocenters. The van der Waals surface area contributed by atoms with Crippen LogP contribution in [0.25, 0.3) is 0 Å². The summed E-state index contributed by atoms with van der Waals surface area (Å²) in [7, 11) is 0. The first-order valence-electron chi connectivity index (χ1n) is 5.26. The summed E-state index contributed by atoms with van der Waals surface area (Å²) in [5.74, 6) is 0. The summed E-state index contributed by atoms with van der Waals surface area (Å²) in [6.45, 7) is 3.27. The number of halogens is 1. The third-order valence-corrected chi connectivity index (χ3v) is 3.00. The Morgan fingerprint density at radius 1 is 1.47 bits per heavy atom. The highest BCUT2D eigenvalue weighted by Gasteiger charge is 2.13. The van der Waals surface area contributed by atoms with E-state index < -0.39 is 6.04 Å². The Kier molecular flexibility index (Phi) is 5.10.